The van der Waals surface area contributed by atoms with Gasteiger partial charge >= 0.3 is 6.61 Å². The summed E-state index contributed by atoms with van der Waals surface area (Å²) in [5, 5.41) is 17.1. The summed E-state index contributed by atoms with van der Waals surface area (Å²) in [6.45, 7) is -3.00. The van der Waals surface area contributed by atoms with Crippen LogP contribution in [0, 0.1) is 0 Å². The number of nitrogens with zero attached hydrogens (tertiary/aromatic N) is 3. The fourth-order valence-corrected chi connectivity index (χ4v) is 3.88. The van der Waals surface area contributed by atoms with Gasteiger partial charge in [-0.1, -0.05) is 25.0 Å². The summed E-state index contributed by atoms with van der Waals surface area (Å²) in [6, 6.07) is 10.4. The SMILES string of the molecule is O=C(N[C@H]1CCCC[C@@H]1O)c1cc(Cc2ccc(-n3cccn3)cc2)c(OC(F)F)cn1. The van der Waals surface area contributed by atoms with Crippen LogP contribution in [0.2, 0.25) is 0 Å². The van der Waals surface area contributed by atoms with Crippen molar-refractivity contribution in [2.75, 3.05) is 0 Å². The number of aliphatic hydroxyl groups excluding tert-OH is 1. The highest BCUT2D eigenvalue weighted by atomic mass is 19.3. The first-order valence-corrected chi connectivity index (χ1v) is 10.5. The number of carbonyl (C=O) groups excluding carboxylic acids is 1. The quantitative estimate of drug-likeness (QED) is 0.585. The molecule has 2 atom stereocenters. The molecule has 0 aliphatic heterocycles. The highest BCUT2D eigenvalue weighted by Gasteiger charge is 2.25. The van der Waals surface area contributed by atoms with E-state index in [0.29, 0.717) is 18.4 Å². The number of rotatable bonds is 7. The van der Waals surface area contributed by atoms with Crippen LogP contribution in [0.4, 0.5) is 8.78 Å². The van der Waals surface area contributed by atoms with Crippen molar-refractivity contribution in [1.82, 2.24) is 20.1 Å². The summed E-state index contributed by atoms with van der Waals surface area (Å²) < 4.78 is 32.1. The van der Waals surface area contributed by atoms with E-state index in [1.54, 1.807) is 10.9 Å². The van der Waals surface area contributed by atoms with Crippen molar-refractivity contribution in [3.8, 4) is 11.4 Å². The lowest BCUT2D eigenvalue weighted by atomic mass is 9.92. The maximum atomic E-state index is 12.9. The summed E-state index contributed by atoms with van der Waals surface area (Å²) in [4.78, 5) is 16.7. The van der Waals surface area contributed by atoms with E-state index in [0.717, 1.165) is 30.3 Å². The van der Waals surface area contributed by atoms with Gasteiger partial charge in [0, 0.05) is 24.4 Å². The molecule has 2 aromatic heterocycles. The molecule has 0 spiro atoms. The Kier molecular flexibility index (Phi) is 6.75. The zero-order valence-electron chi connectivity index (χ0n) is 17.3. The minimum atomic E-state index is -3.00. The first kappa shape index (κ1) is 21.9. The molecule has 0 unspecified atom stereocenters. The van der Waals surface area contributed by atoms with Gasteiger partial charge in [0.2, 0.25) is 0 Å². The highest BCUT2D eigenvalue weighted by molar-refractivity contribution is 5.92. The van der Waals surface area contributed by atoms with Crippen LogP contribution in [-0.4, -0.2) is 44.5 Å². The Hall–Kier alpha value is -3.33. The molecule has 0 saturated heterocycles. The monoisotopic (exact) mass is 442 g/mol. The Morgan fingerprint density at radius 3 is 2.72 bits per heavy atom. The van der Waals surface area contributed by atoms with Gasteiger partial charge in [0.15, 0.2) is 0 Å². The van der Waals surface area contributed by atoms with Crippen molar-refractivity contribution >= 4 is 5.91 Å². The zero-order chi connectivity index (χ0) is 22.5. The average Bonchev–Trinajstić information content (AvgIpc) is 3.32. The molecule has 7 nitrogen and oxygen atoms in total. The molecule has 9 heteroatoms. The first-order valence-electron chi connectivity index (χ1n) is 10.5. The van der Waals surface area contributed by atoms with Crippen LogP contribution in [0.25, 0.3) is 5.69 Å². The lowest BCUT2D eigenvalue weighted by molar-refractivity contribution is -0.0506. The molecule has 0 radical (unpaired) electrons. The van der Waals surface area contributed by atoms with Gasteiger partial charge in [0.1, 0.15) is 11.4 Å². The molecule has 2 N–H and O–H groups in total. The molecule has 1 aliphatic carbocycles. The Morgan fingerprint density at radius 2 is 2.03 bits per heavy atom. The normalized spacial score (nSPS) is 18.5. The number of benzene rings is 1. The number of carbonyl (C=O) groups is 1. The van der Waals surface area contributed by atoms with Gasteiger partial charge < -0.3 is 15.2 Å². The van der Waals surface area contributed by atoms with E-state index >= 15 is 0 Å². The minimum absolute atomic E-state index is 0.0783. The third kappa shape index (κ3) is 5.28. The first-order chi connectivity index (χ1) is 15.5. The molecular weight excluding hydrogens is 418 g/mol. The molecule has 168 valence electrons. The molecule has 1 fully saturated rings. The number of hydrogen-bond donors (Lipinski definition) is 2. The van der Waals surface area contributed by atoms with E-state index in [1.807, 2.05) is 36.5 Å². The van der Waals surface area contributed by atoms with Crippen LogP contribution in [0.5, 0.6) is 5.75 Å². The van der Waals surface area contributed by atoms with Crippen molar-refractivity contribution < 1.29 is 23.4 Å². The summed E-state index contributed by atoms with van der Waals surface area (Å²) >= 11 is 0. The largest absolute Gasteiger partial charge is 0.433 e. The number of aromatic nitrogens is 3. The Morgan fingerprint density at radius 1 is 1.25 bits per heavy atom. The molecule has 1 aromatic carbocycles. The molecule has 3 aromatic rings. The van der Waals surface area contributed by atoms with Gasteiger partial charge in [-0.15, -0.1) is 0 Å². The van der Waals surface area contributed by atoms with Crippen molar-refractivity contribution in [2.24, 2.45) is 0 Å². The van der Waals surface area contributed by atoms with Crippen LogP contribution in [-0.2, 0) is 6.42 Å². The predicted molar refractivity (Wildman–Crippen MR) is 113 cm³/mol. The second-order valence-electron chi connectivity index (χ2n) is 7.78. The smallest absolute Gasteiger partial charge is 0.387 e. The fraction of sp³-hybridized carbons (Fsp3) is 0.348. The number of aliphatic hydroxyl groups is 1. The highest BCUT2D eigenvalue weighted by Crippen LogP contribution is 2.25. The number of amides is 1. The average molecular weight is 442 g/mol. The minimum Gasteiger partial charge on any atom is -0.433 e. The third-order valence-corrected chi connectivity index (χ3v) is 5.54. The van der Waals surface area contributed by atoms with Gasteiger partial charge in [0.25, 0.3) is 5.91 Å². The third-order valence-electron chi connectivity index (χ3n) is 5.54. The maximum Gasteiger partial charge on any atom is 0.387 e. The standard InChI is InChI=1S/C23H24F2N4O3/c24-23(25)32-21-14-26-19(22(31)28-18-4-1-2-5-20(18)30)13-16(21)12-15-6-8-17(9-7-15)29-11-3-10-27-29/h3,6-11,13-14,18,20,23,30H,1-2,4-5,12H2,(H,28,31)/t18-,20-/m0/s1. The lowest BCUT2D eigenvalue weighted by Crippen LogP contribution is -2.45. The summed E-state index contributed by atoms with van der Waals surface area (Å²) in [5.41, 5.74) is 2.22. The van der Waals surface area contributed by atoms with E-state index in [4.69, 9.17) is 0 Å². The van der Waals surface area contributed by atoms with Crippen molar-refractivity contribution in [1.29, 1.82) is 0 Å². The number of alkyl halides is 2. The predicted octanol–water partition coefficient (Wildman–Crippen LogP) is 3.49. The van der Waals surface area contributed by atoms with E-state index in [1.165, 1.54) is 6.07 Å². The zero-order valence-corrected chi connectivity index (χ0v) is 17.3. The van der Waals surface area contributed by atoms with Gasteiger partial charge in [-0.25, -0.2) is 9.67 Å². The topological polar surface area (TPSA) is 89.3 Å². The molecule has 2 heterocycles. The van der Waals surface area contributed by atoms with Crippen LogP contribution in [0.15, 0.2) is 55.0 Å². The molecule has 0 bridgehead atoms. The van der Waals surface area contributed by atoms with Gasteiger partial charge in [0.05, 0.1) is 24.0 Å². The van der Waals surface area contributed by atoms with Crippen molar-refractivity contribution in [3.63, 3.8) is 0 Å². The molecule has 1 aliphatic rings. The number of pyridine rings is 1. The lowest BCUT2D eigenvalue weighted by Gasteiger charge is -2.28. The van der Waals surface area contributed by atoms with Gasteiger partial charge in [-0.2, -0.15) is 13.9 Å². The van der Waals surface area contributed by atoms with Crippen molar-refractivity contribution in [2.45, 2.75) is 50.9 Å². The number of hydrogen-bond acceptors (Lipinski definition) is 5. The number of halogens is 2. The molecular formula is C23H24F2N4O3. The Balaban J connectivity index is 1.54. The van der Waals surface area contributed by atoms with Crippen molar-refractivity contribution in [3.05, 3.63) is 71.8 Å². The second kappa shape index (κ2) is 9.86. The summed E-state index contributed by atoms with van der Waals surface area (Å²) in [7, 11) is 0. The summed E-state index contributed by atoms with van der Waals surface area (Å²) in [5.74, 6) is -0.528. The Bertz CT molecular complexity index is 1040. The van der Waals surface area contributed by atoms with Gasteiger partial charge in [-0.05, 0) is 42.7 Å². The maximum absolute atomic E-state index is 12.9. The van der Waals surface area contributed by atoms with Crippen LogP contribution in [0.3, 0.4) is 0 Å². The number of ether oxygens (including phenoxy) is 1. The van der Waals surface area contributed by atoms with Crippen LogP contribution in [0.1, 0.15) is 47.3 Å². The Labute approximate surface area is 184 Å². The van der Waals surface area contributed by atoms with Crippen LogP contribution < -0.4 is 10.1 Å². The fourth-order valence-electron chi connectivity index (χ4n) is 3.88. The van der Waals surface area contributed by atoms with E-state index < -0.39 is 18.6 Å². The summed E-state index contributed by atoms with van der Waals surface area (Å²) in [6.07, 6.45) is 7.50. The van der Waals surface area contributed by atoms with E-state index in [9.17, 15) is 18.7 Å². The van der Waals surface area contributed by atoms with E-state index in [2.05, 4.69) is 20.1 Å². The second-order valence-corrected chi connectivity index (χ2v) is 7.78. The molecule has 4 rings (SSSR count). The number of nitrogens with one attached hydrogen (secondary N) is 1. The van der Waals surface area contributed by atoms with Crippen LogP contribution >= 0.6 is 0 Å². The molecule has 1 saturated carbocycles. The van der Waals surface area contributed by atoms with E-state index in [-0.39, 0.29) is 23.9 Å². The van der Waals surface area contributed by atoms with Gasteiger partial charge in [-0.3, -0.25) is 4.79 Å². The molecule has 1 amide bonds. The molecule has 32 heavy (non-hydrogen) atoms.